The third kappa shape index (κ3) is 1.52. The van der Waals surface area contributed by atoms with Gasteiger partial charge in [-0.15, -0.1) is 0 Å². The monoisotopic (exact) mass is 188 g/mol. The van der Waals surface area contributed by atoms with Crippen LogP contribution in [0.4, 0.5) is 5.69 Å². The first-order chi connectivity index (χ1) is 6.70. The molecule has 0 aromatic heterocycles. The molecule has 0 saturated carbocycles. The number of nitrogens with zero attached hydrogens (tertiary/aromatic N) is 1. The van der Waals surface area contributed by atoms with Crippen molar-refractivity contribution in [2.75, 3.05) is 18.0 Å². The van der Waals surface area contributed by atoms with Crippen molar-refractivity contribution in [3.05, 3.63) is 35.7 Å². The molecular formula is C13H18N. The van der Waals surface area contributed by atoms with Crippen molar-refractivity contribution < 1.29 is 0 Å². The average molecular weight is 188 g/mol. The molecule has 1 aromatic rings. The maximum Gasteiger partial charge on any atom is 0.0398 e. The molecule has 1 nitrogen and oxygen atoms in total. The lowest BCUT2D eigenvalue weighted by atomic mass is 10.0. The molecule has 0 aliphatic carbocycles. The second-order valence-corrected chi connectivity index (χ2v) is 4.19. The van der Waals surface area contributed by atoms with E-state index >= 15 is 0 Å². The highest BCUT2D eigenvalue weighted by Gasteiger charge is 2.15. The summed E-state index contributed by atoms with van der Waals surface area (Å²) in [4.78, 5) is 2.49. The van der Waals surface area contributed by atoms with Crippen molar-refractivity contribution in [2.45, 2.75) is 26.7 Å². The van der Waals surface area contributed by atoms with Crippen LogP contribution in [-0.2, 0) is 0 Å². The minimum atomic E-state index is 1.16. The molecule has 1 aliphatic heterocycles. The molecule has 0 unspecified atom stereocenters. The zero-order valence-corrected chi connectivity index (χ0v) is 9.14. The summed E-state index contributed by atoms with van der Waals surface area (Å²) in [6.45, 7) is 10.8. The Labute approximate surface area is 86.7 Å². The normalized spacial score (nSPS) is 16.4. The minimum Gasteiger partial charge on any atom is -0.371 e. The van der Waals surface area contributed by atoms with Gasteiger partial charge >= 0.3 is 0 Å². The summed E-state index contributed by atoms with van der Waals surface area (Å²) in [6.07, 6.45) is 2.68. The summed E-state index contributed by atoms with van der Waals surface area (Å²) in [7, 11) is 0. The Morgan fingerprint density at radius 1 is 1.07 bits per heavy atom. The number of hydrogen-bond donors (Lipinski definition) is 0. The Kier molecular flexibility index (Phi) is 2.49. The SMILES string of the molecule is [CH2]c1ccc(N2CCCC2)c(C)c1C. The van der Waals surface area contributed by atoms with Crippen LogP contribution in [0.5, 0.6) is 0 Å². The lowest BCUT2D eigenvalue weighted by Crippen LogP contribution is -2.19. The van der Waals surface area contributed by atoms with Gasteiger partial charge in [0.25, 0.3) is 0 Å². The summed E-state index contributed by atoms with van der Waals surface area (Å²) in [5.74, 6) is 0. The molecule has 1 fully saturated rings. The molecule has 1 aromatic carbocycles. The van der Waals surface area contributed by atoms with Gasteiger partial charge in [-0.3, -0.25) is 0 Å². The Balaban J connectivity index is 2.38. The van der Waals surface area contributed by atoms with Gasteiger partial charge in [-0.2, -0.15) is 0 Å². The van der Waals surface area contributed by atoms with Gasteiger partial charge in [0.15, 0.2) is 0 Å². The number of rotatable bonds is 1. The van der Waals surface area contributed by atoms with Crippen LogP contribution in [0, 0.1) is 20.8 Å². The second kappa shape index (κ2) is 3.64. The van der Waals surface area contributed by atoms with E-state index in [1.807, 2.05) is 0 Å². The molecule has 1 heterocycles. The molecule has 0 N–H and O–H groups in total. The van der Waals surface area contributed by atoms with E-state index in [4.69, 9.17) is 0 Å². The molecule has 0 amide bonds. The molecular weight excluding hydrogens is 170 g/mol. The first-order valence-electron chi connectivity index (χ1n) is 5.37. The predicted octanol–water partition coefficient (Wildman–Crippen LogP) is 3.09. The van der Waals surface area contributed by atoms with Crippen LogP contribution >= 0.6 is 0 Å². The molecule has 2 rings (SSSR count). The van der Waals surface area contributed by atoms with E-state index in [-0.39, 0.29) is 0 Å². The van der Waals surface area contributed by atoms with Crippen LogP contribution in [0.3, 0.4) is 0 Å². The van der Waals surface area contributed by atoms with E-state index in [0.717, 1.165) is 5.56 Å². The Morgan fingerprint density at radius 3 is 2.36 bits per heavy atom. The van der Waals surface area contributed by atoms with Crippen LogP contribution < -0.4 is 4.90 Å². The third-order valence-corrected chi connectivity index (χ3v) is 3.32. The molecule has 1 radical (unpaired) electrons. The number of hydrogen-bond acceptors (Lipinski definition) is 1. The van der Waals surface area contributed by atoms with E-state index < -0.39 is 0 Å². The van der Waals surface area contributed by atoms with Crippen molar-refractivity contribution in [1.82, 2.24) is 0 Å². The molecule has 0 atom stereocenters. The van der Waals surface area contributed by atoms with Gasteiger partial charge in [0.05, 0.1) is 0 Å². The quantitative estimate of drug-likeness (QED) is 0.654. The van der Waals surface area contributed by atoms with Crippen LogP contribution in [0.15, 0.2) is 12.1 Å². The second-order valence-electron chi connectivity index (χ2n) is 4.19. The summed E-state index contributed by atoms with van der Waals surface area (Å²) in [6, 6.07) is 4.35. The van der Waals surface area contributed by atoms with Crippen molar-refractivity contribution in [3.8, 4) is 0 Å². The van der Waals surface area contributed by atoms with E-state index in [9.17, 15) is 0 Å². The van der Waals surface area contributed by atoms with Gasteiger partial charge in [-0.05, 0) is 56.4 Å². The number of anilines is 1. The van der Waals surface area contributed by atoms with Crippen LogP contribution in [0.25, 0.3) is 0 Å². The van der Waals surface area contributed by atoms with Crippen molar-refractivity contribution in [3.63, 3.8) is 0 Å². The summed E-state index contributed by atoms with van der Waals surface area (Å²) in [5, 5.41) is 0. The standard InChI is InChI=1S/C13H18N/c1-10-6-7-13(12(3)11(10)2)14-8-4-5-9-14/h6-7H,1,4-5,8-9H2,2-3H3. The largest absolute Gasteiger partial charge is 0.371 e. The Bertz CT molecular complexity index is 335. The highest BCUT2D eigenvalue weighted by molar-refractivity contribution is 5.59. The van der Waals surface area contributed by atoms with Crippen LogP contribution in [-0.4, -0.2) is 13.1 Å². The van der Waals surface area contributed by atoms with Crippen molar-refractivity contribution in [2.24, 2.45) is 0 Å². The molecule has 1 aliphatic rings. The average Bonchev–Trinajstić information content (AvgIpc) is 2.67. The molecule has 1 saturated heterocycles. The van der Waals surface area contributed by atoms with E-state index in [1.165, 1.54) is 42.7 Å². The fourth-order valence-corrected chi connectivity index (χ4v) is 2.16. The Hall–Kier alpha value is -0.980. The van der Waals surface area contributed by atoms with Gasteiger partial charge in [0, 0.05) is 18.8 Å². The topological polar surface area (TPSA) is 3.24 Å². The Morgan fingerprint density at radius 2 is 1.71 bits per heavy atom. The van der Waals surface area contributed by atoms with Gasteiger partial charge in [0.2, 0.25) is 0 Å². The van der Waals surface area contributed by atoms with Gasteiger partial charge in [-0.1, -0.05) is 6.07 Å². The molecule has 1 heteroatoms. The van der Waals surface area contributed by atoms with Gasteiger partial charge in [0.1, 0.15) is 0 Å². The first kappa shape index (κ1) is 9.57. The summed E-state index contributed by atoms with van der Waals surface area (Å²) in [5.41, 5.74) is 5.31. The lowest BCUT2D eigenvalue weighted by Gasteiger charge is -2.22. The lowest BCUT2D eigenvalue weighted by molar-refractivity contribution is 0.949. The van der Waals surface area contributed by atoms with E-state index in [2.05, 4.69) is 37.8 Å². The van der Waals surface area contributed by atoms with E-state index in [1.54, 1.807) is 0 Å². The maximum atomic E-state index is 4.03. The fourth-order valence-electron chi connectivity index (χ4n) is 2.16. The molecule has 75 valence electrons. The zero-order valence-electron chi connectivity index (χ0n) is 9.14. The maximum absolute atomic E-state index is 4.03. The van der Waals surface area contributed by atoms with Gasteiger partial charge in [-0.25, -0.2) is 0 Å². The summed E-state index contributed by atoms with van der Waals surface area (Å²) >= 11 is 0. The highest BCUT2D eigenvalue weighted by Crippen LogP contribution is 2.27. The fraction of sp³-hybridized carbons (Fsp3) is 0.462. The van der Waals surface area contributed by atoms with Crippen LogP contribution in [0.2, 0.25) is 0 Å². The highest BCUT2D eigenvalue weighted by atomic mass is 15.1. The predicted molar refractivity (Wildman–Crippen MR) is 61.8 cm³/mol. The molecule has 14 heavy (non-hydrogen) atoms. The van der Waals surface area contributed by atoms with E-state index in [0.29, 0.717) is 0 Å². The number of benzene rings is 1. The third-order valence-electron chi connectivity index (χ3n) is 3.32. The summed E-state index contributed by atoms with van der Waals surface area (Å²) < 4.78 is 0. The van der Waals surface area contributed by atoms with Crippen molar-refractivity contribution >= 4 is 5.69 Å². The molecule has 0 spiro atoms. The molecule has 0 bridgehead atoms. The smallest absolute Gasteiger partial charge is 0.0398 e. The van der Waals surface area contributed by atoms with Gasteiger partial charge < -0.3 is 4.90 Å². The van der Waals surface area contributed by atoms with Crippen molar-refractivity contribution in [1.29, 1.82) is 0 Å². The first-order valence-corrected chi connectivity index (χ1v) is 5.37. The van der Waals surface area contributed by atoms with Crippen LogP contribution in [0.1, 0.15) is 29.5 Å². The zero-order chi connectivity index (χ0) is 10.1. The minimum absolute atomic E-state index is 1.16.